The highest BCUT2D eigenvalue weighted by Crippen LogP contribution is 2.44. The van der Waals surface area contributed by atoms with Gasteiger partial charge in [-0.15, -0.1) is 0 Å². The fourth-order valence-corrected chi connectivity index (χ4v) is 4.32. The van der Waals surface area contributed by atoms with Crippen LogP contribution in [-0.2, 0) is 14.3 Å². The van der Waals surface area contributed by atoms with Crippen LogP contribution in [0.25, 0.3) is 0 Å². The number of Topliss-reactive ketones (excluding diaryl/α,β-unsaturated/α-hetero) is 1. The summed E-state index contributed by atoms with van der Waals surface area (Å²) in [7, 11) is 2.91. The number of nitrogens with zero attached hydrogens (tertiary/aromatic N) is 2. The number of hydrogen-bond acceptors (Lipinski definition) is 6. The van der Waals surface area contributed by atoms with Crippen molar-refractivity contribution in [3.63, 3.8) is 0 Å². The normalized spacial score (nSPS) is 19.7. The molecule has 31 heavy (non-hydrogen) atoms. The Morgan fingerprint density at radius 1 is 1.16 bits per heavy atom. The van der Waals surface area contributed by atoms with Gasteiger partial charge in [0.25, 0.3) is 5.91 Å². The van der Waals surface area contributed by atoms with Gasteiger partial charge in [-0.25, -0.2) is 4.79 Å². The Kier molecular flexibility index (Phi) is 5.18. The third-order valence-electron chi connectivity index (χ3n) is 5.68. The number of carbonyl (C=O) groups excluding carboxylic acids is 4. The number of methoxy groups -OCH3 is 1. The van der Waals surface area contributed by atoms with Crippen molar-refractivity contribution >= 4 is 40.9 Å². The fourth-order valence-electron chi connectivity index (χ4n) is 4.06. The number of ketones is 1. The zero-order valence-corrected chi connectivity index (χ0v) is 17.6. The van der Waals surface area contributed by atoms with Crippen LogP contribution in [0.15, 0.2) is 42.5 Å². The van der Waals surface area contributed by atoms with Crippen molar-refractivity contribution in [1.82, 2.24) is 4.90 Å². The molecule has 8 nitrogen and oxygen atoms in total. The van der Waals surface area contributed by atoms with Crippen LogP contribution in [0.4, 0.5) is 5.69 Å². The average molecular weight is 443 g/mol. The van der Waals surface area contributed by atoms with Crippen molar-refractivity contribution in [3.05, 3.63) is 58.6 Å². The summed E-state index contributed by atoms with van der Waals surface area (Å²) < 4.78 is 10.4. The van der Waals surface area contributed by atoms with Gasteiger partial charge in [-0.1, -0.05) is 23.7 Å². The van der Waals surface area contributed by atoms with Crippen LogP contribution in [0.2, 0.25) is 5.02 Å². The molecular weight excluding hydrogens is 424 g/mol. The lowest BCUT2D eigenvalue weighted by molar-refractivity contribution is -0.155. The third kappa shape index (κ3) is 3.14. The highest BCUT2D eigenvalue weighted by atomic mass is 35.5. The van der Waals surface area contributed by atoms with Crippen molar-refractivity contribution in [3.8, 4) is 5.75 Å². The van der Waals surface area contributed by atoms with Gasteiger partial charge in [-0.3, -0.25) is 19.3 Å². The van der Waals surface area contributed by atoms with Crippen LogP contribution in [0.1, 0.15) is 33.6 Å². The van der Waals surface area contributed by atoms with Crippen LogP contribution in [0, 0.1) is 0 Å². The maximum atomic E-state index is 13.2. The smallest absolute Gasteiger partial charge is 0.354 e. The van der Waals surface area contributed by atoms with E-state index in [1.54, 1.807) is 24.3 Å². The van der Waals surface area contributed by atoms with Gasteiger partial charge in [0.2, 0.25) is 11.6 Å². The highest BCUT2D eigenvalue weighted by molar-refractivity contribution is 6.32. The van der Waals surface area contributed by atoms with E-state index >= 15 is 0 Å². The molecule has 1 atom stereocenters. The summed E-state index contributed by atoms with van der Waals surface area (Å²) in [5, 5.41) is 0.250. The number of amides is 2. The predicted octanol–water partition coefficient (Wildman–Crippen LogP) is 2.68. The largest absolute Gasteiger partial charge is 0.495 e. The highest BCUT2D eigenvalue weighted by Gasteiger charge is 2.60. The van der Waals surface area contributed by atoms with Crippen molar-refractivity contribution in [2.45, 2.75) is 18.5 Å². The van der Waals surface area contributed by atoms with Gasteiger partial charge in [0, 0.05) is 25.5 Å². The van der Waals surface area contributed by atoms with Gasteiger partial charge in [0.1, 0.15) is 5.75 Å². The second-order valence-electron chi connectivity index (χ2n) is 7.28. The molecular formula is C22H19ClN2O6. The number of ether oxygens (including phenoxy) is 2. The van der Waals surface area contributed by atoms with Crippen LogP contribution in [-0.4, -0.2) is 54.9 Å². The summed E-state index contributed by atoms with van der Waals surface area (Å²) >= 11 is 6.06. The molecule has 0 aromatic heterocycles. The molecule has 2 aromatic carbocycles. The molecule has 9 heteroatoms. The first kappa shape index (κ1) is 20.9. The molecule has 0 bridgehead atoms. The first-order chi connectivity index (χ1) is 14.8. The van der Waals surface area contributed by atoms with E-state index in [9.17, 15) is 19.2 Å². The number of rotatable bonds is 5. The van der Waals surface area contributed by atoms with Crippen molar-refractivity contribution in [2.75, 3.05) is 25.7 Å². The number of para-hydroxylation sites is 1. The number of halogens is 1. The summed E-state index contributed by atoms with van der Waals surface area (Å²) in [5.74, 6) is -1.59. The molecule has 2 aromatic rings. The molecule has 160 valence electrons. The van der Waals surface area contributed by atoms with Crippen LogP contribution in [0.5, 0.6) is 5.75 Å². The zero-order valence-electron chi connectivity index (χ0n) is 16.9. The van der Waals surface area contributed by atoms with Crippen LogP contribution < -0.4 is 9.64 Å². The number of fused-ring (bicyclic) bond motifs is 3. The van der Waals surface area contributed by atoms with Gasteiger partial charge in [0.15, 0.2) is 12.4 Å². The number of likely N-dealkylation sites (N-methyl/N-ethyl adjacent to an activating group) is 1. The molecule has 0 N–H and O–H groups in total. The quantitative estimate of drug-likeness (QED) is 0.522. The van der Waals surface area contributed by atoms with Gasteiger partial charge in [-0.2, -0.15) is 0 Å². The molecule has 2 aliphatic rings. The van der Waals surface area contributed by atoms with Crippen LogP contribution in [0.3, 0.4) is 0 Å². The minimum atomic E-state index is -1.62. The van der Waals surface area contributed by atoms with E-state index in [1.807, 2.05) is 0 Å². The van der Waals surface area contributed by atoms with Crippen molar-refractivity contribution in [2.24, 2.45) is 0 Å². The molecule has 1 saturated heterocycles. The molecule has 2 heterocycles. The standard InChI is InChI=1S/C22H19ClN2O6/c1-24-20(28)14-5-3-4-6-16(14)25-19(27)9-10-22(24,25)21(29)31-12-17(26)13-7-8-18(30-2)15(23)11-13/h3-8,11H,9-10,12H2,1-2H3. The maximum Gasteiger partial charge on any atom is 0.354 e. The molecule has 1 unspecified atom stereocenters. The SMILES string of the molecule is COc1ccc(C(=O)COC(=O)C23CCC(=O)N2c2ccccc2C(=O)N3C)cc1Cl. The molecule has 1 fully saturated rings. The zero-order chi connectivity index (χ0) is 22.3. The second kappa shape index (κ2) is 7.70. The lowest BCUT2D eigenvalue weighted by atomic mass is 9.97. The van der Waals surface area contributed by atoms with Crippen LogP contribution >= 0.6 is 11.6 Å². The van der Waals surface area contributed by atoms with Crippen molar-refractivity contribution in [1.29, 1.82) is 0 Å². The minimum Gasteiger partial charge on any atom is -0.495 e. The Hall–Kier alpha value is -3.39. The predicted molar refractivity (Wildman–Crippen MR) is 111 cm³/mol. The Labute approximate surface area is 183 Å². The van der Waals surface area contributed by atoms with Gasteiger partial charge in [-0.05, 0) is 30.3 Å². The summed E-state index contributed by atoms with van der Waals surface area (Å²) in [6.07, 6.45) is 0.146. The number of hydrogen-bond donors (Lipinski definition) is 0. The van der Waals surface area contributed by atoms with E-state index < -0.39 is 29.9 Å². The van der Waals surface area contributed by atoms with E-state index in [-0.39, 0.29) is 29.3 Å². The Balaban J connectivity index is 1.60. The first-order valence-corrected chi connectivity index (χ1v) is 9.93. The monoisotopic (exact) mass is 442 g/mol. The lowest BCUT2D eigenvalue weighted by Crippen LogP contribution is -2.67. The lowest BCUT2D eigenvalue weighted by Gasteiger charge is -2.46. The molecule has 0 spiro atoms. The number of carbonyl (C=O) groups is 4. The Bertz CT molecular complexity index is 1120. The summed E-state index contributed by atoms with van der Waals surface area (Å²) in [5.41, 5.74) is -0.694. The Morgan fingerprint density at radius 2 is 1.90 bits per heavy atom. The topological polar surface area (TPSA) is 93.2 Å². The average Bonchev–Trinajstić information content (AvgIpc) is 3.14. The molecule has 0 aliphatic carbocycles. The number of anilines is 1. The van der Waals surface area contributed by atoms with Gasteiger partial charge >= 0.3 is 5.97 Å². The maximum absolute atomic E-state index is 13.2. The number of esters is 1. The molecule has 0 radical (unpaired) electrons. The minimum absolute atomic E-state index is 0.0725. The molecule has 2 aliphatic heterocycles. The van der Waals surface area contributed by atoms with Gasteiger partial charge in [0.05, 0.1) is 23.4 Å². The second-order valence-corrected chi connectivity index (χ2v) is 7.68. The van der Waals surface area contributed by atoms with E-state index in [4.69, 9.17) is 21.1 Å². The Morgan fingerprint density at radius 3 is 2.61 bits per heavy atom. The molecule has 0 saturated carbocycles. The fraction of sp³-hybridized carbons (Fsp3) is 0.273. The summed E-state index contributed by atoms with van der Waals surface area (Å²) in [6, 6.07) is 11.1. The first-order valence-electron chi connectivity index (χ1n) is 9.55. The number of benzene rings is 2. The summed E-state index contributed by atoms with van der Waals surface area (Å²) in [4.78, 5) is 53.9. The van der Waals surface area contributed by atoms with E-state index in [0.717, 1.165) is 0 Å². The van der Waals surface area contributed by atoms with Crippen molar-refractivity contribution < 1.29 is 28.7 Å². The van der Waals surface area contributed by atoms with E-state index in [0.29, 0.717) is 17.0 Å². The van der Waals surface area contributed by atoms with E-state index in [2.05, 4.69) is 0 Å². The summed E-state index contributed by atoms with van der Waals surface area (Å²) in [6.45, 7) is -0.561. The van der Waals surface area contributed by atoms with E-state index in [1.165, 1.54) is 42.2 Å². The van der Waals surface area contributed by atoms with Gasteiger partial charge < -0.3 is 14.4 Å². The molecule has 2 amide bonds. The third-order valence-corrected chi connectivity index (χ3v) is 5.97. The molecule has 4 rings (SSSR count).